The fraction of sp³-hybridized carbons (Fsp3) is 0.235. The molecule has 5 heteroatoms. The highest BCUT2D eigenvalue weighted by Crippen LogP contribution is 2.22. The van der Waals surface area contributed by atoms with E-state index in [0.717, 1.165) is 12.0 Å². The van der Waals surface area contributed by atoms with Gasteiger partial charge in [-0.15, -0.1) is 0 Å². The third kappa shape index (κ3) is 4.07. The normalized spacial score (nSPS) is 11.8. The lowest BCUT2D eigenvalue weighted by atomic mass is 10.1. The van der Waals surface area contributed by atoms with Gasteiger partial charge in [0.1, 0.15) is 11.6 Å². The first-order valence-corrected chi connectivity index (χ1v) is 7.81. The molecular weight excluding hydrogens is 349 g/mol. The van der Waals surface area contributed by atoms with Crippen molar-refractivity contribution in [3.05, 3.63) is 58.3 Å². The maximum Gasteiger partial charge on any atom is 0.265 e. The Morgan fingerprint density at radius 3 is 2.73 bits per heavy atom. The van der Waals surface area contributed by atoms with Gasteiger partial charge in [-0.25, -0.2) is 4.39 Å². The maximum absolute atomic E-state index is 13.7. The van der Waals surface area contributed by atoms with E-state index in [1.54, 1.807) is 13.0 Å². The lowest BCUT2D eigenvalue weighted by molar-refractivity contribution is -0.122. The van der Waals surface area contributed by atoms with Crippen LogP contribution in [0.15, 0.2) is 46.9 Å². The molecule has 0 spiro atoms. The van der Waals surface area contributed by atoms with E-state index >= 15 is 0 Å². The molecule has 0 aliphatic carbocycles. The van der Waals surface area contributed by atoms with Gasteiger partial charge < -0.3 is 10.1 Å². The summed E-state index contributed by atoms with van der Waals surface area (Å²) in [6.07, 6.45) is 0.0852. The van der Waals surface area contributed by atoms with Crippen LogP contribution in [0.2, 0.25) is 0 Å². The summed E-state index contributed by atoms with van der Waals surface area (Å²) in [6.45, 7) is 3.66. The van der Waals surface area contributed by atoms with Crippen molar-refractivity contribution in [2.75, 3.05) is 5.32 Å². The molecule has 0 aliphatic heterocycles. The molecule has 0 heterocycles. The number of aryl methyl sites for hydroxylation is 1. The van der Waals surface area contributed by atoms with Gasteiger partial charge in [0.05, 0.1) is 5.69 Å². The van der Waals surface area contributed by atoms with Crippen molar-refractivity contribution in [1.29, 1.82) is 0 Å². The minimum atomic E-state index is -0.726. The summed E-state index contributed by atoms with van der Waals surface area (Å²) in [5.74, 6) is -0.222. The van der Waals surface area contributed by atoms with Gasteiger partial charge in [0.2, 0.25) is 0 Å². The molecule has 3 nitrogen and oxygen atoms in total. The average Bonchev–Trinajstić information content (AvgIpc) is 2.50. The van der Waals surface area contributed by atoms with E-state index in [4.69, 9.17) is 4.74 Å². The van der Waals surface area contributed by atoms with Gasteiger partial charge in [-0.3, -0.25) is 4.79 Å². The van der Waals surface area contributed by atoms with Crippen LogP contribution in [0, 0.1) is 5.82 Å². The summed E-state index contributed by atoms with van der Waals surface area (Å²) in [5.41, 5.74) is 1.16. The highest BCUT2D eigenvalue weighted by atomic mass is 79.9. The van der Waals surface area contributed by atoms with Crippen molar-refractivity contribution in [2.45, 2.75) is 26.4 Å². The zero-order valence-corrected chi connectivity index (χ0v) is 14.0. The van der Waals surface area contributed by atoms with Crippen molar-refractivity contribution in [2.24, 2.45) is 0 Å². The third-order valence-corrected chi connectivity index (χ3v) is 3.71. The van der Waals surface area contributed by atoms with Gasteiger partial charge >= 0.3 is 0 Å². The van der Waals surface area contributed by atoms with Crippen LogP contribution in [0.1, 0.15) is 19.4 Å². The number of hydrogen-bond acceptors (Lipinski definition) is 2. The van der Waals surface area contributed by atoms with Gasteiger partial charge in [0.25, 0.3) is 5.91 Å². The molecule has 0 saturated heterocycles. The Hall–Kier alpha value is -1.88. The molecular formula is C17H17BrFNO2. The number of amides is 1. The molecule has 2 rings (SSSR count). The number of para-hydroxylation sites is 1. The van der Waals surface area contributed by atoms with Crippen LogP contribution in [0.4, 0.5) is 10.1 Å². The van der Waals surface area contributed by atoms with Crippen LogP contribution in [-0.4, -0.2) is 12.0 Å². The molecule has 2 aromatic rings. The van der Waals surface area contributed by atoms with Crippen LogP contribution >= 0.6 is 15.9 Å². The van der Waals surface area contributed by atoms with E-state index in [2.05, 4.69) is 21.2 Å². The van der Waals surface area contributed by atoms with E-state index in [0.29, 0.717) is 10.2 Å². The molecule has 116 valence electrons. The van der Waals surface area contributed by atoms with Gasteiger partial charge in [-0.05, 0) is 43.2 Å². The molecule has 1 N–H and O–H groups in total. The van der Waals surface area contributed by atoms with E-state index < -0.39 is 17.8 Å². The predicted octanol–water partition coefficient (Wildman–Crippen LogP) is 4.56. The Balaban J connectivity index is 2.06. The Morgan fingerprint density at radius 1 is 1.32 bits per heavy atom. The van der Waals surface area contributed by atoms with Crippen molar-refractivity contribution in [3.63, 3.8) is 0 Å². The van der Waals surface area contributed by atoms with Gasteiger partial charge in [-0.1, -0.05) is 41.1 Å². The van der Waals surface area contributed by atoms with E-state index in [9.17, 15) is 9.18 Å². The minimum Gasteiger partial charge on any atom is -0.481 e. The van der Waals surface area contributed by atoms with E-state index in [1.165, 1.54) is 12.1 Å². The number of anilines is 1. The lowest BCUT2D eigenvalue weighted by Gasteiger charge is -2.17. The summed E-state index contributed by atoms with van der Waals surface area (Å²) in [5, 5.41) is 2.54. The topological polar surface area (TPSA) is 38.3 Å². The summed E-state index contributed by atoms with van der Waals surface area (Å²) in [6, 6.07) is 12.0. The van der Waals surface area contributed by atoms with Crippen LogP contribution in [0.5, 0.6) is 5.75 Å². The second-order valence-electron chi connectivity index (χ2n) is 4.83. The number of halogens is 2. The predicted molar refractivity (Wildman–Crippen MR) is 88.6 cm³/mol. The quantitative estimate of drug-likeness (QED) is 0.843. The number of carbonyl (C=O) groups is 1. The molecule has 2 aromatic carbocycles. The second-order valence-corrected chi connectivity index (χ2v) is 5.75. The number of ether oxygens (including phenoxy) is 1. The first kappa shape index (κ1) is 16.5. The Bertz CT molecular complexity index is 675. The molecule has 1 amide bonds. The zero-order chi connectivity index (χ0) is 16.1. The Kier molecular flexibility index (Phi) is 5.55. The Labute approximate surface area is 137 Å². The average molecular weight is 366 g/mol. The van der Waals surface area contributed by atoms with Crippen LogP contribution in [0.25, 0.3) is 0 Å². The number of hydrogen-bond donors (Lipinski definition) is 1. The SMILES string of the molecule is CCc1ccccc1O[C@@H](C)C(=O)Nc1ccc(Br)cc1F. The molecule has 0 aromatic heterocycles. The highest BCUT2D eigenvalue weighted by Gasteiger charge is 2.17. The van der Waals surface area contributed by atoms with Gasteiger partial charge in [-0.2, -0.15) is 0 Å². The molecule has 0 fully saturated rings. The van der Waals surface area contributed by atoms with Crippen molar-refractivity contribution >= 4 is 27.5 Å². The van der Waals surface area contributed by atoms with Gasteiger partial charge in [0.15, 0.2) is 6.10 Å². The molecule has 22 heavy (non-hydrogen) atoms. The smallest absolute Gasteiger partial charge is 0.265 e. The fourth-order valence-corrected chi connectivity index (χ4v) is 2.31. The fourth-order valence-electron chi connectivity index (χ4n) is 1.98. The molecule has 0 bridgehead atoms. The summed E-state index contributed by atoms with van der Waals surface area (Å²) >= 11 is 3.17. The highest BCUT2D eigenvalue weighted by molar-refractivity contribution is 9.10. The lowest BCUT2D eigenvalue weighted by Crippen LogP contribution is -2.30. The number of benzene rings is 2. The zero-order valence-electron chi connectivity index (χ0n) is 12.4. The van der Waals surface area contributed by atoms with E-state index in [1.807, 2.05) is 31.2 Å². The Morgan fingerprint density at radius 2 is 2.05 bits per heavy atom. The number of nitrogens with one attached hydrogen (secondary N) is 1. The minimum absolute atomic E-state index is 0.132. The number of rotatable bonds is 5. The second kappa shape index (κ2) is 7.40. The van der Waals surface area contributed by atoms with Gasteiger partial charge in [0, 0.05) is 4.47 Å². The molecule has 0 saturated carbocycles. The summed E-state index contributed by atoms with van der Waals surface area (Å²) in [7, 11) is 0. The molecule has 0 unspecified atom stereocenters. The van der Waals surface area contributed by atoms with E-state index in [-0.39, 0.29) is 5.69 Å². The largest absolute Gasteiger partial charge is 0.481 e. The standard InChI is InChI=1S/C17H17BrFNO2/c1-3-12-6-4-5-7-16(12)22-11(2)17(21)20-15-9-8-13(18)10-14(15)19/h4-11H,3H2,1-2H3,(H,20,21)/t11-/m0/s1. The molecule has 0 radical (unpaired) electrons. The molecule has 0 aliphatic rings. The monoisotopic (exact) mass is 365 g/mol. The third-order valence-electron chi connectivity index (χ3n) is 3.22. The van der Waals surface area contributed by atoms with Crippen LogP contribution in [-0.2, 0) is 11.2 Å². The summed E-state index contributed by atoms with van der Waals surface area (Å²) < 4.78 is 20.0. The van der Waals surface area contributed by atoms with Crippen LogP contribution in [0.3, 0.4) is 0 Å². The molecule has 1 atom stereocenters. The first-order valence-electron chi connectivity index (χ1n) is 7.01. The van der Waals surface area contributed by atoms with Crippen molar-refractivity contribution in [1.82, 2.24) is 0 Å². The summed E-state index contributed by atoms with van der Waals surface area (Å²) in [4.78, 5) is 12.1. The van der Waals surface area contributed by atoms with Crippen LogP contribution < -0.4 is 10.1 Å². The maximum atomic E-state index is 13.7. The van der Waals surface area contributed by atoms with Crippen molar-refractivity contribution in [3.8, 4) is 5.75 Å². The van der Waals surface area contributed by atoms with Crippen molar-refractivity contribution < 1.29 is 13.9 Å². The first-order chi connectivity index (χ1) is 10.5. The number of carbonyl (C=O) groups excluding carboxylic acids is 1.